The van der Waals surface area contributed by atoms with Crippen molar-refractivity contribution in [1.82, 2.24) is 8.61 Å². The maximum absolute atomic E-state index is 12.9. The maximum Gasteiger partial charge on any atom is 0.282 e. The predicted molar refractivity (Wildman–Crippen MR) is 84.7 cm³/mol. The summed E-state index contributed by atoms with van der Waals surface area (Å²) >= 11 is 0. The van der Waals surface area contributed by atoms with Gasteiger partial charge >= 0.3 is 0 Å². The molecular weight excluding hydrogens is 272 g/mol. The van der Waals surface area contributed by atoms with E-state index in [0.29, 0.717) is 49.9 Å². The molecule has 1 fully saturated rings. The lowest BCUT2D eigenvalue weighted by Crippen LogP contribution is -2.51. The van der Waals surface area contributed by atoms with Crippen LogP contribution in [0.25, 0.3) is 0 Å². The molecule has 120 valence electrons. The average molecular weight is 305 g/mol. The zero-order valence-corrected chi connectivity index (χ0v) is 14.8. The van der Waals surface area contributed by atoms with E-state index in [0.717, 1.165) is 6.42 Å². The molecule has 5 heteroatoms. The molecule has 1 aliphatic heterocycles. The summed E-state index contributed by atoms with van der Waals surface area (Å²) < 4.78 is 29.2. The van der Waals surface area contributed by atoms with Crippen LogP contribution >= 0.6 is 0 Å². The quantitative estimate of drug-likeness (QED) is 0.757. The molecule has 1 saturated heterocycles. The van der Waals surface area contributed by atoms with E-state index in [9.17, 15) is 8.42 Å². The van der Waals surface area contributed by atoms with Crippen molar-refractivity contribution < 1.29 is 8.42 Å². The van der Waals surface area contributed by atoms with Gasteiger partial charge < -0.3 is 0 Å². The molecule has 0 amide bonds. The second-order valence-electron chi connectivity index (χ2n) is 7.38. The Hall–Kier alpha value is -0.130. The summed E-state index contributed by atoms with van der Waals surface area (Å²) in [5, 5.41) is 0. The SMILES string of the molecule is CC(C)CN(CC(C)C)S(=O)(=O)N1CC(C)CC(C)C1. The van der Waals surface area contributed by atoms with E-state index < -0.39 is 10.2 Å². The van der Waals surface area contributed by atoms with Gasteiger partial charge in [-0.15, -0.1) is 0 Å². The molecule has 0 saturated carbocycles. The molecule has 1 aliphatic rings. The summed E-state index contributed by atoms with van der Waals surface area (Å²) in [6.45, 7) is 15.1. The van der Waals surface area contributed by atoms with Crippen LogP contribution in [0.2, 0.25) is 0 Å². The molecule has 0 spiro atoms. The Morgan fingerprint density at radius 3 is 1.75 bits per heavy atom. The number of hydrogen-bond donors (Lipinski definition) is 0. The van der Waals surface area contributed by atoms with Crippen molar-refractivity contribution in [3.63, 3.8) is 0 Å². The topological polar surface area (TPSA) is 40.6 Å². The highest BCUT2D eigenvalue weighted by molar-refractivity contribution is 7.86. The first-order chi connectivity index (χ1) is 9.12. The largest absolute Gasteiger partial charge is 0.282 e. The molecule has 0 aromatic heterocycles. The lowest BCUT2D eigenvalue weighted by atomic mass is 9.94. The van der Waals surface area contributed by atoms with Crippen molar-refractivity contribution in [2.75, 3.05) is 26.2 Å². The van der Waals surface area contributed by atoms with E-state index in [2.05, 4.69) is 41.5 Å². The number of hydrogen-bond acceptors (Lipinski definition) is 2. The normalized spacial score (nSPS) is 25.9. The zero-order chi connectivity index (χ0) is 15.5. The van der Waals surface area contributed by atoms with Gasteiger partial charge in [-0.1, -0.05) is 41.5 Å². The molecule has 0 aromatic carbocycles. The number of piperidine rings is 1. The summed E-state index contributed by atoms with van der Waals surface area (Å²) in [5.41, 5.74) is 0. The maximum atomic E-state index is 12.9. The fourth-order valence-corrected chi connectivity index (χ4v) is 5.22. The molecule has 1 rings (SSSR count). The van der Waals surface area contributed by atoms with Crippen LogP contribution in [0.15, 0.2) is 0 Å². The van der Waals surface area contributed by atoms with Gasteiger partial charge in [0.15, 0.2) is 0 Å². The average Bonchev–Trinajstić information content (AvgIpc) is 2.25. The Kier molecular flexibility index (Phi) is 6.48. The minimum Gasteiger partial charge on any atom is -0.195 e. The van der Waals surface area contributed by atoms with Gasteiger partial charge in [0.05, 0.1) is 0 Å². The van der Waals surface area contributed by atoms with Crippen LogP contribution in [-0.2, 0) is 10.2 Å². The highest BCUT2D eigenvalue weighted by Crippen LogP contribution is 2.25. The molecule has 0 aromatic rings. The van der Waals surface area contributed by atoms with Crippen LogP contribution in [0, 0.1) is 23.7 Å². The van der Waals surface area contributed by atoms with Crippen molar-refractivity contribution in [2.45, 2.75) is 48.0 Å². The van der Waals surface area contributed by atoms with Gasteiger partial charge in [0.2, 0.25) is 0 Å². The Labute approximate surface area is 125 Å². The van der Waals surface area contributed by atoms with Crippen LogP contribution in [-0.4, -0.2) is 43.2 Å². The first kappa shape index (κ1) is 17.9. The molecule has 0 N–H and O–H groups in total. The van der Waals surface area contributed by atoms with Crippen molar-refractivity contribution in [3.05, 3.63) is 0 Å². The lowest BCUT2D eigenvalue weighted by Gasteiger charge is -2.38. The lowest BCUT2D eigenvalue weighted by molar-refractivity contribution is 0.203. The van der Waals surface area contributed by atoms with Gasteiger partial charge in [0.1, 0.15) is 0 Å². The van der Waals surface area contributed by atoms with Crippen molar-refractivity contribution in [3.8, 4) is 0 Å². The Bertz CT molecular complexity index is 373. The minimum absolute atomic E-state index is 0.350. The summed E-state index contributed by atoms with van der Waals surface area (Å²) in [6.07, 6.45) is 1.13. The number of nitrogens with zero attached hydrogens (tertiary/aromatic N) is 2. The fraction of sp³-hybridized carbons (Fsp3) is 1.00. The van der Waals surface area contributed by atoms with E-state index in [4.69, 9.17) is 0 Å². The number of rotatable bonds is 6. The summed E-state index contributed by atoms with van der Waals surface area (Å²) in [4.78, 5) is 0. The molecule has 2 unspecified atom stereocenters. The second-order valence-corrected chi connectivity index (χ2v) is 9.30. The third-order valence-electron chi connectivity index (χ3n) is 3.63. The fourth-order valence-electron chi connectivity index (χ4n) is 3.03. The van der Waals surface area contributed by atoms with Gasteiger partial charge in [-0.3, -0.25) is 0 Å². The highest BCUT2D eigenvalue weighted by atomic mass is 32.2. The standard InChI is InChI=1S/C15H32N2O2S/c1-12(2)8-16(9-13(3)4)20(18,19)17-10-14(5)7-15(6)11-17/h12-15H,7-11H2,1-6H3. The highest BCUT2D eigenvalue weighted by Gasteiger charge is 2.35. The van der Waals surface area contributed by atoms with Crippen molar-refractivity contribution in [1.29, 1.82) is 0 Å². The minimum atomic E-state index is -3.31. The van der Waals surface area contributed by atoms with E-state index in [1.165, 1.54) is 0 Å². The third kappa shape index (κ3) is 5.01. The van der Waals surface area contributed by atoms with Crippen LogP contribution in [0.4, 0.5) is 0 Å². The van der Waals surface area contributed by atoms with Gasteiger partial charge in [-0.05, 0) is 30.1 Å². The molecule has 2 atom stereocenters. The van der Waals surface area contributed by atoms with E-state index >= 15 is 0 Å². The summed E-state index contributed by atoms with van der Waals surface area (Å²) in [5.74, 6) is 1.60. The summed E-state index contributed by atoms with van der Waals surface area (Å²) in [6, 6.07) is 0. The monoisotopic (exact) mass is 304 g/mol. The van der Waals surface area contributed by atoms with Crippen LogP contribution < -0.4 is 0 Å². The van der Waals surface area contributed by atoms with Crippen molar-refractivity contribution >= 4 is 10.2 Å². The first-order valence-corrected chi connectivity index (χ1v) is 9.27. The second kappa shape index (κ2) is 7.23. The van der Waals surface area contributed by atoms with Gasteiger partial charge in [0.25, 0.3) is 10.2 Å². The van der Waals surface area contributed by atoms with Crippen molar-refractivity contribution in [2.24, 2.45) is 23.7 Å². The third-order valence-corrected chi connectivity index (χ3v) is 5.53. The molecule has 0 radical (unpaired) electrons. The summed E-state index contributed by atoms with van der Waals surface area (Å²) in [7, 11) is -3.31. The Morgan fingerprint density at radius 2 is 1.40 bits per heavy atom. The molecular formula is C15H32N2O2S. The van der Waals surface area contributed by atoms with Crippen LogP contribution in [0.5, 0.6) is 0 Å². The van der Waals surface area contributed by atoms with Crippen LogP contribution in [0.1, 0.15) is 48.0 Å². The van der Waals surface area contributed by atoms with Gasteiger partial charge in [-0.2, -0.15) is 17.0 Å². The first-order valence-electron chi connectivity index (χ1n) is 7.88. The molecule has 4 nitrogen and oxygen atoms in total. The molecule has 20 heavy (non-hydrogen) atoms. The van der Waals surface area contributed by atoms with E-state index in [-0.39, 0.29) is 0 Å². The zero-order valence-electron chi connectivity index (χ0n) is 14.0. The van der Waals surface area contributed by atoms with Gasteiger partial charge in [0, 0.05) is 26.2 Å². The Balaban J connectivity index is 2.90. The molecule has 0 aliphatic carbocycles. The Morgan fingerprint density at radius 1 is 1.00 bits per heavy atom. The van der Waals surface area contributed by atoms with Crippen LogP contribution in [0.3, 0.4) is 0 Å². The molecule has 1 heterocycles. The predicted octanol–water partition coefficient (Wildman–Crippen LogP) is 2.82. The molecule has 0 bridgehead atoms. The van der Waals surface area contributed by atoms with Gasteiger partial charge in [-0.25, -0.2) is 0 Å². The van der Waals surface area contributed by atoms with E-state index in [1.54, 1.807) is 8.61 Å². The van der Waals surface area contributed by atoms with E-state index in [1.807, 2.05) is 0 Å². The smallest absolute Gasteiger partial charge is 0.195 e.